The predicted molar refractivity (Wildman–Crippen MR) is 55.5 cm³/mol. The second-order valence-electron chi connectivity index (χ2n) is 4.19. The molecule has 2 fully saturated rings. The monoisotopic (exact) mass is 209 g/mol. The molecule has 0 N–H and O–H groups in total. The minimum Gasteiger partial charge on any atom is -0.352 e. The average Bonchev–Trinajstić information content (AvgIpc) is 2.78. The van der Waals surface area contributed by atoms with E-state index in [1.807, 2.05) is 6.20 Å². The van der Waals surface area contributed by atoms with Crippen LogP contribution in [0.2, 0.25) is 5.15 Å². The summed E-state index contributed by atoms with van der Waals surface area (Å²) in [4.78, 5) is 10.7. The topological polar surface area (TPSA) is 29.0 Å². The second kappa shape index (κ2) is 3.09. The molecule has 1 saturated heterocycles. The fourth-order valence-electron chi connectivity index (χ4n) is 2.68. The molecule has 0 radical (unpaired) electrons. The van der Waals surface area contributed by atoms with E-state index in [-0.39, 0.29) is 0 Å². The fraction of sp³-hybridized carbons (Fsp3) is 0.600. The molecular formula is C10H12ClN3. The van der Waals surface area contributed by atoms with Crippen molar-refractivity contribution in [2.24, 2.45) is 5.92 Å². The lowest BCUT2D eigenvalue weighted by molar-refractivity contribution is 0.550. The summed E-state index contributed by atoms with van der Waals surface area (Å²) < 4.78 is 0. The van der Waals surface area contributed by atoms with E-state index in [1.165, 1.54) is 19.3 Å². The summed E-state index contributed by atoms with van der Waals surface area (Å²) in [7, 11) is 0. The van der Waals surface area contributed by atoms with Gasteiger partial charge in [-0.25, -0.2) is 4.98 Å². The van der Waals surface area contributed by atoms with Crippen molar-refractivity contribution in [3.8, 4) is 0 Å². The molecule has 1 aliphatic heterocycles. The highest BCUT2D eigenvalue weighted by atomic mass is 35.5. The molecule has 1 saturated carbocycles. The number of hydrogen-bond acceptors (Lipinski definition) is 3. The average molecular weight is 210 g/mol. The standard InChI is InChI=1S/C10H12ClN3/c11-9-4-12-5-10(13-9)14-6-7-1-2-8(14)3-7/h4-5,7-8H,1-3,6H2/t7-,8+/m1/s1. The predicted octanol–water partition coefficient (Wildman–Crippen LogP) is 2.12. The summed E-state index contributed by atoms with van der Waals surface area (Å²) >= 11 is 5.83. The van der Waals surface area contributed by atoms with Gasteiger partial charge in [0, 0.05) is 12.6 Å². The van der Waals surface area contributed by atoms with Gasteiger partial charge in [-0.3, -0.25) is 4.98 Å². The van der Waals surface area contributed by atoms with Gasteiger partial charge in [-0.1, -0.05) is 11.6 Å². The highest BCUT2D eigenvalue weighted by Crippen LogP contribution is 2.39. The van der Waals surface area contributed by atoms with Crippen molar-refractivity contribution >= 4 is 17.4 Å². The van der Waals surface area contributed by atoms with Crippen molar-refractivity contribution in [1.82, 2.24) is 9.97 Å². The molecule has 3 nitrogen and oxygen atoms in total. The molecule has 1 aliphatic carbocycles. The Labute approximate surface area is 88.1 Å². The lowest BCUT2D eigenvalue weighted by Gasteiger charge is -2.27. The van der Waals surface area contributed by atoms with E-state index in [9.17, 15) is 0 Å². The molecule has 4 heteroatoms. The Balaban J connectivity index is 1.89. The number of fused-ring (bicyclic) bond motifs is 2. The van der Waals surface area contributed by atoms with Gasteiger partial charge in [0.05, 0.1) is 12.4 Å². The van der Waals surface area contributed by atoms with E-state index < -0.39 is 0 Å². The minimum atomic E-state index is 0.491. The number of hydrogen-bond donors (Lipinski definition) is 0. The molecule has 3 rings (SSSR count). The van der Waals surface area contributed by atoms with Crippen molar-refractivity contribution in [2.75, 3.05) is 11.4 Å². The quantitative estimate of drug-likeness (QED) is 0.710. The Morgan fingerprint density at radius 2 is 2.29 bits per heavy atom. The molecule has 0 amide bonds. The normalized spacial score (nSPS) is 29.9. The zero-order valence-corrected chi connectivity index (χ0v) is 8.61. The van der Waals surface area contributed by atoms with Gasteiger partial charge in [-0.05, 0) is 25.2 Å². The van der Waals surface area contributed by atoms with Crippen molar-refractivity contribution in [1.29, 1.82) is 0 Å². The van der Waals surface area contributed by atoms with Gasteiger partial charge >= 0.3 is 0 Å². The van der Waals surface area contributed by atoms with Crippen LogP contribution in [-0.2, 0) is 0 Å². The van der Waals surface area contributed by atoms with Crippen LogP contribution in [0.15, 0.2) is 12.4 Å². The third kappa shape index (κ3) is 1.27. The summed E-state index contributed by atoms with van der Waals surface area (Å²) in [5.41, 5.74) is 0. The summed E-state index contributed by atoms with van der Waals surface area (Å²) in [6.45, 7) is 1.14. The van der Waals surface area contributed by atoms with Crippen molar-refractivity contribution in [3.05, 3.63) is 17.5 Å². The highest BCUT2D eigenvalue weighted by molar-refractivity contribution is 6.29. The number of piperidine rings is 1. The van der Waals surface area contributed by atoms with Crippen LogP contribution in [0.1, 0.15) is 19.3 Å². The zero-order chi connectivity index (χ0) is 9.54. The van der Waals surface area contributed by atoms with Crippen LogP contribution in [0, 0.1) is 5.92 Å². The SMILES string of the molecule is Clc1cncc(N2C[C@@H]3CC[C@H]2C3)n1. The summed E-state index contributed by atoms with van der Waals surface area (Å²) in [5, 5.41) is 0.491. The van der Waals surface area contributed by atoms with Gasteiger partial charge in [0.2, 0.25) is 0 Å². The van der Waals surface area contributed by atoms with E-state index >= 15 is 0 Å². The smallest absolute Gasteiger partial charge is 0.149 e. The van der Waals surface area contributed by atoms with Crippen LogP contribution in [-0.4, -0.2) is 22.6 Å². The number of nitrogens with zero attached hydrogens (tertiary/aromatic N) is 3. The first-order valence-electron chi connectivity index (χ1n) is 5.07. The molecule has 2 bridgehead atoms. The maximum Gasteiger partial charge on any atom is 0.149 e. The summed E-state index contributed by atoms with van der Waals surface area (Å²) in [6, 6.07) is 0.688. The molecule has 14 heavy (non-hydrogen) atoms. The van der Waals surface area contributed by atoms with Crippen LogP contribution in [0.3, 0.4) is 0 Å². The van der Waals surface area contributed by atoms with Crippen LogP contribution >= 0.6 is 11.6 Å². The van der Waals surface area contributed by atoms with Gasteiger partial charge in [-0.2, -0.15) is 0 Å². The third-order valence-corrected chi connectivity index (χ3v) is 3.48. The Kier molecular flexibility index (Phi) is 1.87. The Hall–Kier alpha value is -0.830. The Morgan fingerprint density at radius 3 is 2.93 bits per heavy atom. The highest BCUT2D eigenvalue weighted by Gasteiger charge is 2.38. The molecule has 2 atom stereocenters. The van der Waals surface area contributed by atoms with Gasteiger partial charge in [0.25, 0.3) is 0 Å². The van der Waals surface area contributed by atoms with Gasteiger partial charge < -0.3 is 4.90 Å². The maximum atomic E-state index is 5.83. The molecule has 74 valence electrons. The lowest BCUT2D eigenvalue weighted by Crippen LogP contribution is -2.32. The van der Waals surface area contributed by atoms with Crippen LogP contribution in [0.4, 0.5) is 5.82 Å². The Morgan fingerprint density at radius 1 is 1.36 bits per heavy atom. The first kappa shape index (κ1) is 8.48. The molecule has 2 aliphatic rings. The van der Waals surface area contributed by atoms with Gasteiger partial charge in [-0.15, -0.1) is 0 Å². The van der Waals surface area contributed by atoms with Gasteiger partial charge in [0.1, 0.15) is 11.0 Å². The zero-order valence-electron chi connectivity index (χ0n) is 7.86. The van der Waals surface area contributed by atoms with Crippen LogP contribution in [0.25, 0.3) is 0 Å². The lowest BCUT2D eigenvalue weighted by atomic mass is 10.1. The van der Waals surface area contributed by atoms with E-state index in [1.54, 1.807) is 6.20 Å². The van der Waals surface area contributed by atoms with Crippen molar-refractivity contribution in [2.45, 2.75) is 25.3 Å². The Bertz CT molecular complexity index is 355. The largest absolute Gasteiger partial charge is 0.352 e. The first-order valence-corrected chi connectivity index (χ1v) is 5.45. The fourth-order valence-corrected chi connectivity index (χ4v) is 2.82. The van der Waals surface area contributed by atoms with Crippen LogP contribution in [0.5, 0.6) is 0 Å². The molecular weight excluding hydrogens is 198 g/mol. The van der Waals surface area contributed by atoms with Gasteiger partial charge in [0.15, 0.2) is 0 Å². The molecule has 0 unspecified atom stereocenters. The van der Waals surface area contributed by atoms with Crippen molar-refractivity contribution < 1.29 is 0 Å². The van der Waals surface area contributed by atoms with Crippen molar-refractivity contribution in [3.63, 3.8) is 0 Å². The number of anilines is 1. The summed E-state index contributed by atoms with van der Waals surface area (Å²) in [6.07, 6.45) is 7.41. The van der Waals surface area contributed by atoms with Crippen LogP contribution < -0.4 is 4.90 Å². The minimum absolute atomic E-state index is 0.491. The van der Waals surface area contributed by atoms with E-state index in [0.717, 1.165) is 18.3 Å². The number of aromatic nitrogens is 2. The van der Waals surface area contributed by atoms with E-state index in [2.05, 4.69) is 14.9 Å². The third-order valence-electron chi connectivity index (χ3n) is 3.30. The molecule has 0 aromatic carbocycles. The number of halogens is 1. The van der Waals surface area contributed by atoms with E-state index in [0.29, 0.717) is 11.2 Å². The number of rotatable bonds is 1. The van der Waals surface area contributed by atoms with E-state index in [4.69, 9.17) is 11.6 Å². The second-order valence-corrected chi connectivity index (χ2v) is 4.57. The summed E-state index contributed by atoms with van der Waals surface area (Å²) in [5.74, 6) is 1.82. The molecule has 2 heterocycles. The molecule has 1 aromatic rings. The first-order chi connectivity index (χ1) is 6.83. The molecule has 0 spiro atoms. The molecule has 1 aromatic heterocycles. The maximum absolute atomic E-state index is 5.83.